The number of benzene rings is 1. The monoisotopic (exact) mass is 242 g/mol. The van der Waals surface area contributed by atoms with Gasteiger partial charge in [-0.3, -0.25) is 0 Å². The van der Waals surface area contributed by atoms with Crippen LogP contribution in [0, 0.1) is 5.92 Å². The highest BCUT2D eigenvalue weighted by Crippen LogP contribution is 2.44. The minimum Gasteiger partial charge on any atom is -0.329 e. The molecule has 4 atom stereocenters. The quantitative estimate of drug-likeness (QED) is 0.771. The lowest BCUT2D eigenvalue weighted by Crippen LogP contribution is -3.19. The summed E-state index contributed by atoms with van der Waals surface area (Å²) in [6, 6.07) is 11.2. The van der Waals surface area contributed by atoms with E-state index in [4.69, 9.17) is 0 Å². The van der Waals surface area contributed by atoms with E-state index in [2.05, 4.69) is 30.3 Å². The molecule has 1 aromatic carbocycles. The second-order valence-electron chi connectivity index (χ2n) is 6.74. The summed E-state index contributed by atoms with van der Waals surface area (Å²) in [5, 5.41) is 0. The van der Waals surface area contributed by atoms with Gasteiger partial charge in [-0.25, -0.2) is 0 Å². The van der Waals surface area contributed by atoms with E-state index in [0.29, 0.717) is 0 Å². The van der Waals surface area contributed by atoms with Crippen LogP contribution in [0.1, 0.15) is 50.0 Å². The maximum absolute atomic E-state index is 2.34. The average Bonchev–Trinajstić information content (AvgIpc) is 2.96. The maximum atomic E-state index is 2.34. The van der Waals surface area contributed by atoms with E-state index in [1.807, 2.05) is 4.90 Å². The highest BCUT2D eigenvalue weighted by molar-refractivity contribution is 5.20. The van der Waals surface area contributed by atoms with E-state index in [-0.39, 0.29) is 0 Å². The van der Waals surface area contributed by atoms with Crippen LogP contribution in [0.5, 0.6) is 0 Å². The summed E-state index contributed by atoms with van der Waals surface area (Å²) in [4.78, 5) is 1.96. The molecular weight excluding hydrogens is 218 g/mol. The summed E-state index contributed by atoms with van der Waals surface area (Å²) in [6.45, 7) is 2.86. The van der Waals surface area contributed by atoms with Crippen molar-refractivity contribution in [2.45, 2.75) is 50.0 Å². The first-order valence-electron chi connectivity index (χ1n) is 7.79. The molecule has 2 aliphatic heterocycles. The van der Waals surface area contributed by atoms with Crippen LogP contribution in [0.3, 0.4) is 0 Å². The number of piperidine rings is 1. The molecule has 0 aromatic heterocycles. The number of hydrogen-bond donors (Lipinski definition) is 1. The molecule has 1 N–H and O–H groups in total. The first-order valence-corrected chi connectivity index (χ1v) is 7.79. The van der Waals surface area contributed by atoms with E-state index in [1.165, 1.54) is 51.6 Å². The molecule has 1 spiro atoms. The van der Waals surface area contributed by atoms with Gasteiger partial charge in [0.2, 0.25) is 0 Å². The molecule has 1 nitrogen and oxygen atoms in total. The van der Waals surface area contributed by atoms with Crippen molar-refractivity contribution in [3.63, 3.8) is 0 Å². The Bertz CT molecular complexity index is 426. The van der Waals surface area contributed by atoms with E-state index in [9.17, 15) is 0 Å². The third-order valence-corrected chi connectivity index (χ3v) is 6.16. The van der Waals surface area contributed by atoms with Gasteiger partial charge in [0.25, 0.3) is 0 Å². The number of hydrogen-bond acceptors (Lipinski definition) is 0. The van der Waals surface area contributed by atoms with Gasteiger partial charge < -0.3 is 4.90 Å². The Hall–Kier alpha value is -0.820. The molecule has 1 saturated carbocycles. The summed E-state index contributed by atoms with van der Waals surface area (Å²) in [5.41, 5.74) is 2.31. The molecule has 2 unspecified atom stereocenters. The van der Waals surface area contributed by atoms with E-state index < -0.39 is 0 Å². The van der Waals surface area contributed by atoms with E-state index in [0.717, 1.165) is 17.4 Å². The van der Waals surface area contributed by atoms with Crippen molar-refractivity contribution in [2.24, 2.45) is 5.92 Å². The third-order valence-electron chi connectivity index (χ3n) is 6.16. The zero-order valence-electron chi connectivity index (χ0n) is 11.2. The Balaban J connectivity index is 1.57. The Labute approximate surface area is 110 Å². The minimum absolute atomic E-state index is 0.727. The number of rotatable bonds is 1. The molecule has 0 amide bonds. The molecule has 3 aliphatic rings. The second-order valence-corrected chi connectivity index (χ2v) is 6.74. The zero-order valence-corrected chi connectivity index (χ0v) is 11.2. The van der Waals surface area contributed by atoms with Crippen molar-refractivity contribution in [1.29, 1.82) is 0 Å². The van der Waals surface area contributed by atoms with Gasteiger partial charge in [-0.15, -0.1) is 0 Å². The predicted molar refractivity (Wildman–Crippen MR) is 73.8 cm³/mol. The van der Waals surface area contributed by atoms with Gasteiger partial charge in [0.05, 0.1) is 13.1 Å². The number of quaternary nitrogens is 1. The minimum atomic E-state index is 0.727. The van der Waals surface area contributed by atoms with Gasteiger partial charge in [-0.2, -0.15) is 0 Å². The molecule has 4 rings (SSSR count). The normalized spacial score (nSPS) is 42.6. The fourth-order valence-corrected chi connectivity index (χ4v) is 5.28. The summed E-state index contributed by atoms with van der Waals surface area (Å²) in [7, 11) is 0. The lowest BCUT2D eigenvalue weighted by molar-refractivity contribution is -0.948. The Morgan fingerprint density at radius 2 is 1.89 bits per heavy atom. The van der Waals surface area contributed by atoms with Crippen LogP contribution in [-0.4, -0.2) is 18.6 Å². The van der Waals surface area contributed by atoms with Gasteiger partial charge in [-0.05, 0) is 24.8 Å². The van der Waals surface area contributed by atoms with E-state index >= 15 is 0 Å². The molecule has 0 radical (unpaired) electrons. The Morgan fingerprint density at radius 3 is 2.78 bits per heavy atom. The largest absolute Gasteiger partial charge is 0.329 e. The smallest absolute Gasteiger partial charge is 0.101 e. The summed E-state index contributed by atoms with van der Waals surface area (Å²) < 4.78 is 0. The molecule has 0 bridgehead atoms. The van der Waals surface area contributed by atoms with Crippen LogP contribution in [0.25, 0.3) is 0 Å². The van der Waals surface area contributed by atoms with Crippen molar-refractivity contribution in [3.8, 4) is 0 Å². The Morgan fingerprint density at radius 1 is 1.00 bits per heavy atom. The first kappa shape index (κ1) is 11.0. The highest BCUT2D eigenvalue weighted by atomic mass is 15.2. The van der Waals surface area contributed by atoms with Crippen LogP contribution in [0.2, 0.25) is 0 Å². The van der Waals surface area contributed by atoms with Gasteiger partial charge >= 0.3 is 0 Å². The maximum Gasteiger partial charge on any atom is 0.101 e. The third kappa shape index (κ3) is 1.50. The molecule has 18 heavy (non-hydrogen) atoms. The molecule has 1 aliphatic carbocycles. The van der Waals surface area contributed by atoms with Crippen molar-refractivity contribution in [2.75, 3.05) is 13.1 Å². The SMILES string of the molecule is c1ccc([C@H]2CC[C@]34CCCC3CC[NH+]4C2)cc1. The molecule has 96 valence electrons. The van der Waals surface area contributed by atoms with E-state index in [1.54, 1.807) is 5.56 Å². The predicted octanol–water partition coefficient (Wildman–Crippen LogP) is 2.39. The highest BCUT2D eigenvalue weighted by Gasteiger charge is 2.57. The first-order chi connectivity index (χ1) is 8.88. The van der Waals surface area contributed by atoms with Gasteiger partial charge in [-0.1, -0.05) is 30.3 Å². The lowest BCUT2D eigenvalue weighted by atomic mass is 9.76. The fourth-order valence-electron chi connectivity index (χ4n) is 5.28. The average molecular weight is 242 g/mol. The number of nitrogens with one attached hydrogen (secondary N) is 1. The van der Waals surface area contributed by atoms with Gasteiger partial charge in [0, 0.05) is 31.1 Å². The van der Waals surface area contributed by atoms with Crippen LogP contribution >= 0.6 is 0 Å². The van der Waals surface area contributed by atoms with Crippen molar-refractivity contribution < 1.29 is 4.90 Å². The van der Waals surface area contributed by atoms with Crippen molar-refractivity contribution in [1.82, 2.24) is 0 Å². The van der Waals surface area contributed by atoms with Gasteiger partial charge in [0.1, 0.15) is 5.54 Å². The fraction of sp³-hybridized carbons (Fsp3) is 0.647. The molecule has 2 heterocycles. The molecule has 3 fully saturated rings. The van der Waals surface area contributed by atoms with Crippen LogP contribution in [0.4, 0.5) is 0 Å². The standard InChI is InChI=1S/C17H23N/c1-2-5-14(6-3-1)15-8-11-17-10-4-7-16(17)9-12-18(17)13-15/h1-3,5-6,15-16H,4,7-13H2/p+1/t15-,16?,17+/m0/s1. The molecular formula is C17H24N+. The molecule has 2 saturated heterocycles. The van der Waals surface area contributed by atoms with Gasteiger partial charge in [0.15, 0.2) is 0 Å². The second kappa shape index (κ2) is 4.09. The van der Waals surface area contributed by atoms with Crippen LogP contribution < -0.4 is 4.90 Å². The van der Waals surface area contributed by atoms with Crippen LogP contribution in [0.15, 0.2) is 30.3 Å². The zero-order chi connectivity index (χ0) is 12.0. The lowest BCUT2D eigenvalue weighted by Gasteiger charge is -2.42. The molecule has 1 aromatic rings. The molecule has 1 heteroatoms. The summed E-state index contributed by atoms with van der Waals surface area (Å²) in [6.07, 6.45) is 8.99. The summed E-state index contributed by atoms with van der Waals surface area (Å²) >= 11 is 0. The summed E-state index contributed by atoms with van der Waals surface area (Å²) in [5.74, 6) is 1.90. The van der Waals surface area contributed by atoms with Crippen molar-refractivity contribution in [3.05, 3.63) is 35.9 Å². The Kier molecular flexibility index (Phi) is 2.51. The topological polar surface area (TPSA) is 4.44 Å². The van der Waals surface area contributed by atoms with Crippen LogP contribution in [-0.2, 0) is 0 Å². The van der Waals surface area contributed by atoms with Crippen molar-refractivity contribution >= 4 is 0 Å².